The molecule has 5 aromatic carbocycles. The molecule has 0 bridgehead atoms. The van der Waals surface area contributed by atoms with Crippen LogP contribution in [0.2, 0.25) is 0 Å². The zero-order valence-corrected chi connectivity index (χ0v) is 36.7. The number of likely N-dealkylation sites (N-methyl/N-ethyl adjacent to an activating group) is 3. The summed E-state index contributed by atoms with van der Waals surface area (Å²) < 4.78 is 0. The van der Waals surface area contributed by atoms with Gasteiger partial charge >= 0.3 is 0 Å². The zero-order valence-electron chi connectivity index (χ0n) is 35.9. The van der Waals surface area contributed by atoms with Crippen molar-refractivity contribution in [3.63, 3.8) is 0 Å². The Morgan fingerprint density at radius 2 is 1.15 bits per heavy atom. The predicted octanol–water partition coefficient (Wildman–Crippen LogP) is 6.59. The van der Waals surface area contributed by atoms with Gasteiger partial charge in [0.25, 0.3) is 21.7 Å². The van der Waals surface area contributed by atoms with E-state index in [1.54, 1.807) is 17.4 Å². The molecule has 6 rings (SSSR count). The first-order valence-corrected chi connectivity index (χ1v) is 21.5. The molecule has 3 atom stereocenters. The number of hydrogen-bond donors (Lipinski definition) is 2. The van der Waals surface area contributed by atoms with Crippen LogP contribution in [0.1, 0.15) is 32.0 Å². The van der Waals surface area contributed by atoms with Crippen LogP contribution in [0.15, 0.2) is 140 Å². The summed E-state index contributed by atoms with van der Waals surface area (Å²) in [7, 11) is 10.1. The van der Waals surface area contributed by atoms with Crippen LogP contribution in [0.25, 0.3) is 0 Å². The second kappa shape index (κ2) is 22.1. The molecule has 0 saturated carbocycles. The molecule has 0 unspecified atom stereocenters. The summed E-state index contributed by atoms with van der Waals surface area (Å²) in [6, 6.07) is 33.3. The van der Waals surface area contributed by atoms with Gasteiger partial charge < -0.3 is 30.2 Å². The van der Waals surface area contributed by atoms with Gasteiger partial charge in [-0.15, -0.1) is 6.58 Å². The minimum absolute atomic E-state index is 0. The summed E-state index contributed by atoms with van der Waals surface area (Å²) in [5.41, 5.74) is 5.15. The first-order chi connectivity index (χ1) is 28.9. The molecule has 11 heteroatoms. The number of nitrogens with zero attached hydrogens (tertiary/aromatic N) is 4. The van der Waals surface area contributed by atoms with Crippen molar-refractivity contribution in [1.29, 1.82) is 0 Å². The van der Waals surface area contributed by atoms with Crippen molar-refractivity contribution >= 4 is 34.1 Å². The molecule has 10 nitrogen and oxygen atoms in total. The maximum absolute atomic E-state index is 12.6. The molecule has 0 saturated heterocycles. The van der Waals surface area contributed by atoms with E-state index >= 15 is 0 Å². The Morgan fingerprint density at radius 1 is 0.633 bits per heavy atom. The number of thiophene rings is 1. The predicted molar refractivity (Wildman–Crippen MR) is 258 cm³/mol. The topological polar surface area (TPSA) is 105 Å². The Labute approximate surface area is 361 Å². The Morgan fingerprint density at radius 3 is 1.67 bits per heavy atom. The number of nitrogens with one attached hydrogen (secondary N) is 2. The molecule has 0 fully saturated rings. The average Bonchev–Trinajstić information content (AvgIpc) is 3.76. The van der Waals surface area contributed by atoms with Crippen LogP contribution in [-0.2, 0) is 25.7 Å². The quantitative estimate of drug-likeness (QED) is 0.0576. The van der Waals surface area contributed by atoms with Crippen LogP contribution in [-0.4, -0.2) is 89.3 Å². The number of hydrogen-bond acceptors (Lipinski definition) is 11. The molecule has 0 aliphatic rings. The van der Waals surface area contributed by atoms with Gasteiger partial charge in [-0.25, -0.2) is 0 Å². The lowest BCUT2D eigenvalue weighted by atomic mass is 10.0. The van der Waals surface area contributed by atoms with Crippen LogP contribution < -0.4 is 42.1 Å². The van der Waals surface area contributed by atoms with E-state index in [1.165, 1.54) is 22.3 Å². The second-order valence-electron chi connectivity index (χ2n) is 16.0. The summed E-state index contributed by atoms with van der Waals surface area (Å²) in [4.78, 5) is 57.6. The molecule has 6 aromatic rings. The third kappa shape index (κ3) is 12.2. The van der Waals surface area contributed by atoms with Crippen LogP contribution in [0.5, 0.6) is 0 Å². The van der Waals surface area contributed by atoms with Gasteiger partial charge in [-0.1, -0.05) is 97.1 Å². The lowest BCUT2D eigenvalue weighted by Gasteiger charge is -2.34. The number of rotatable bonds is 22. The molecule has 0 amide bonds. The zero-order chi connectivity index (χ0) is 43.2. The number of anilines is 4. The molecule has 1 aromatic heterocycles. The lowest BCUT2D eigenvalue weighted by Crippen LogP contribution is -2.48. The smallest absolute Gasteiger partial charge is 0.253 e. The summed E-state index contributed by atoms with van der Waals surface area (Å²) >= 11 is 1.66. The Balaban J connectivity index is 0.000000321. The monoisotopic (exact) mass is 832 g/mol. The van der Waals surface area contributed by atoms with Crippen molar-refractivity contribution in [2.45, 2.75) is 50.7 Å². The SMILES string of the molecule is C=CCN(C[C@H](Cc1ccccc1)N(C)C)c1c(N[C@@H](C)Cc2ccsc2)c(=O)c1=O.CN(C[C@@H](Cc1ccccc1)N(C)C)c1c(NCCc2ccccc2)c(=O)c1=O.[HH].[HH]. The van der Waals surface area contributed by atoms with Crippen molar-refractivity contribution in [2.24, 2.45) is 0 Å². The fourth-order valence-electron chi connectivity index (χ4n) is 7.43. The highest BCUT2D eigenvalue weighted by Gasteiger charge is 2.29. The van der Waals surface area contributed by atoms with Crippen LogP contribution >= 0.6 is 11.3 Å². The van der Waals surface area contributed by atoms with Crippen molar-refractivity contribution in [3.05, 3.63) is 184 Å². The summed E-state index contributed by atoms with van der Waals surface area (Å²) in [6.45, 7) is 8.33. The molecule has 1 heterocycles. The standard InChI is InChI=1S/C25H31N3O2S.C24H29N3O2.2H2/c1-5-12-28(16-21(27(3)4)15-19-9-7-6-8-10-19)23-22(24(29)25(23)30)26-18(2)14-20-11-13-31-17-20;1-26(2)20(16-19-12-8-5-9-13-19)17-27(3)22-21(23(28)24(22)29)25-15-14-18-10-6-4-7-11-18;;/h5-11,13,17-18,21,26H,1,12,14-16H2,2-4H3;4-13,20,25H,14-17H2,1-3H3;2*1H/t18-,21-;20-;;/m01../s1. The van der Waals surface area contributed by atoms with Crippen molar-refractivity contribution in [3.8, 4) is 0 Å². The van der Waals surface area contributed by atoms with E-state index in [0.29, 0.717) is 48.9 Å². The van der Waals surface area contributed by atoms with Crippen molar-refractivity contribution in [1.82, 2.24) is 9.80 Å². The molecular formula is C49H64N6O4S. The van der Waals surface area contributed by atoms with Crippen molar-refractivity contribution < 1.29 is 2.85 Å². The molecule has 0 spiro atoms. The highest BCUT2D eigenvalue weighted by Crippen LogP contribution is 2.24. The normalized spacial score (nSPS) is 12.8. The molecule has 0 radical (unpaired) electrons. The van der Waals surface area contributed by atoms with E-state index in [4.69, 9.17) is 0 Å². The number of benzene rings is 3. The average molecular weight is 833 g/mol. The first kappa shape index (κ1) is 45.5. The second-order valence-corrected chi connectivity index (χ2v) is 16.8. The van der Waals surface area contributed by atoms with Crippen LogP contribution in [0.3, 0.4) is 0 Å². The fraction of sp³-hybridized carbons (Fsp3) is 0.347. The van der Waals surface area contributed by atoms with Gasteiger partial charge in [0.05, 0.1) is 0 Å². The van der Waals surface area contributed by atoms with Gasteiger partial charge in [0.15, 0.2) is 0 Å². The van der Waals surface area contributed by atoms with Gasteiger partial charge in [-0.05, 0) is 99.9 Å². The van der Waals surface area contributed by atoms with E-state index in [0.717, 1.165) is 25.7 Å². The van der Waals surface area contributed by atoms with Gasteiger partial charge in [-0.3, -0.25) is 19.2 Å². The van der Waals surface area contributed by atoms with E-state index in [-0.39, 0.29) is 21.0 Å². The minimum atomic E-state index is -0.425. The van der Waals surface area contributed by atoms with Crippen LogP contribution in [0, 0.1) is 0 Å². The maximum Gasteiger partial charge on any atom is 0.253 e. The molecular weight excluding hydrogens is 769 g/mol. The highest BCUT2D eigenvalue weighted by atomic mass is 32.1. The summed E-state index contributed by atoms with van der Waals surface area (Å²) in [5, 5.41) is 10.6. The largest absolute Gasteiger partial charge is 0.380 e. The van der Waals surface area contributed by atoms with E-state index in [2.05, 4.69) is 74.9 Å². The van der Waals surface area contributed by atoms with E-state index in [1.807, 2.05) is 112 Å². The minimum Gasteiger partial charge on any atom is -0.380 e. The van der Waals surface area contributed by atoms with Gasteiger partial charge in [-0.2, -0.15) is 11.3 Å². The Kier molecular flexibility index (Phi) is 16.8. The third-order valence-corrected chi connectivity index (χ3v) is 11.6. The first-order valence-electron chi connectivity index (χ1n) is 20.6. The van der Waals surface area contributed by atoms with Crippen LogP contribution in [0.4, 0.5) is 22.7 Å². The van der Waals surface area contributed by atoms with Gasteiger partial charge in [0, 0.05) is 54.2 Å². The molecule has 2 N–H and O–H groups in total. The Bertz CT molecular complexity index is 2360. The summed E-state index contributed by atoms with van der Waals surface area (Å²) in [6.07, 6.45) is 5.12. The lowest BCUT2D eigenvalue weighted by molar-refractivity contribution is 0.293. The van der Waals surface area contributed by atoms with Crippen molar-refractivity contribution in [2.75, 3.05) is 81.9 Å². The van der Waals surface area contributed by atoms with E-state index in [9.17, 15) is 19.2 Å². The third-order valence-electron chi connectivity index (χ3n) is 10.9. The Hall–Kier alpha value is -5.62. The summed E-state index contributed by atoms with van der Waals surface area (Å²) in [5.74, 6) is 0. The molecule has 60 heavy (non-hydrogen) atoms. The molecule has 0 aliphatic carbocycles. The van der Waals surface area contributed by atoms with Gasteiger partial charge in [0.1, 0.15) is 22.7 Å². The maximum atomic E-state index is 12.6. The van der Waals surface area contributed by atoms with Gasteiger partial charge in [0.2, 0.25) is 0 Å². The molecule has 0 aliphatic heterocycles. The molecule has 320 valence electrons. The highest BCUT2D eigenvalue weighted by molar-refractivity contribution is 7.07. The fourth-order valence-corrected chi connectivity index (χ4v) is 8.11. The van der Waals surface area contributed by atoms with E-state index < -0.39 is 21.7 Å².